The Morgan fingerprint density at radius 1 is 0.909 bits per heavy atom. The van der Waals surface area contributed by atoms with Crippen molar-refractivity contribution in [2.75, 3.05) is 0 Å². The normalized spacial score (nSPS) is 10.8. The molecule has 2 nitrogen and oxygen atoms in total. The third-order valence-corrected chi connectivity index (χ3v) is 4.08. The highest BCUT2D eigenvalue weighted by atomic mass is 35.5. The minimum Gasteiger partial charge on any atom is -0.460 e. The summed E-state index contributed by atoms with van der Waals surface area (Å²) in [7, 11) is 0. The van der Waals surface area contributed by atoms with Gasteiger partial charge in [-0.2, -0.15) is 0 Å². The molecule has 0 fully saturated rings. The predicted molar refractivity (Wildman–Crippen MR) is 90.9 cm³/mol. The zero-order valence-electron chi connectivity index (χ0n) is 12.5. The molecular formula is C19H18ClNO. The Labute approximate surface area is 135 Å². The van der Waals surface area contributed by atoms with Crippen LogP contribution in [0, 0.1) is 6.92 Å². The number of hydrogen-bond acceptors (Lipinski definition) is 2. The second-order valence-electron chi connectivity index (χ2n) is 5.27. The molecule has 0 aliphatic rings. The molecule has 0 amide bonds. The molecular weight excluding hydrogens is 294 g/mol. The first-order valence-electron chi connectivity index (χ1n) is 7.33. The summed E-state index contributed by atoms with van der Waals surface area (Å²) in [4.78, 5) is 0. The topological polar surface area (TPSA) is 25.2 Å². The van der Waals surface area contributed by atoms with Gasteiger partial charge in [-0.1, -0.05) is 54.1 Å². The largest absolute Gasteiger partial charge is 0.460 e. The fraction of sp³-hybridized carbons (Fsp3) is 0.158. The molecule has 0 radical (unpaired) electrons. The van der Waals surface area contributed by atoms with E-state index in [1.54, 1.807) is 0 Å². The molecule has 0 spiro atoms. The van der Waals surface area contributed by atoms with Gasteiger partial charge in [0.05, 0.1) is 6.54 Å². The highest BCUT2D eigenvalue weighted by Crippen LogP contribution is 2.29. The van der Waals surface area contributed by atoms with Gasteiger partial charge in [0.25, 0.3) is 0 Å². The molecule has 112 valence electrons. The highest BCUT2D eigenvalue weighted by molar-refractivity contribution is 6.31. The number of nitrogens with one attached hydrogen (secondary N) is 1. The van der Waals surface area contributed by atoms with Gasteiger partial charge in [0.2, 0.25) is 0 Å². The summed E-state index contributed by atoms with van der Waals surface area (Å²) in [6, 6.07) is 20.2. The molecule has 22 heavy (non-hydrogen) atoms. The Balaban J connectivity index is 1.65. The molecule has 0 aliphatic carbocycles. The molecule has 1 N–H and O–H groups in total. The first kappa shape index (κ1) is 14.9. The van der Waals surface area contributed by atoms with Crippen LogP contribution < -0.4 is 5.32 Å². The molecule has 0 atom stereocenters. The predicted octanol–water partition coefficient (Wildman–Crippen LogP) is 5.20. The number of furan rings is 1. The second-order valence-corrected chi connectivity index (χ2v) is 5.67. The maximum absolute atomic E-state index is 6.17. The van der Waals surface area contributed by atoms with Crippen LogP contribution in [0.4, 0.5) is 0 Å². The van der Waals surface area contributed by atoms with Gasteiger partial charge in [0.1, 0.15) is 11.5 Å². The van der Waals surface area contributed by atoms with Crippen molar-refractivity contribution in [2.45, 2.75) is 20.0 Å². The first-order valence-corrected chi connectivity index (χ1v) is 7.70. The van der Waals surface area contributed by atoms with Gasteiger partial charge >= 0.3 is 0 Å². The van der Waals surface area contributed by atoms with E-state index in [1.807, 2.05) is 55.5 Å². The Hall–Kier alpha value is -2.03. The third-order valence-electron chi connectivity index (χ3n) is 3.67. The quantitative estimate of drug-likeness (QED) is 0.700. The van der Waals surface area contributed by atoms with Crippen LogP contribution in [0.3, 0.4) is 0 Å². The summed E-state index contributed by atoms with van der Waals surface area (Å²) >= 11 is 6.17. The van der Waals surface area contributed by atoms with Gasteiger partial charge in [-0.25, -0.2) is 0 Å². The monoisotopic (exact) mass is 311 g/mol. The van der Waals surface area contributed by atoms with Crippen molar-refractivity contribution in [3.8, 4) is 11.3 Å². The summed E-state index contributed by atoms with van der Waals surface area (Å²) in [5, 5.41) is 4.15. The van der Waals surface area contributed by atoms with E-state index in [2.05, 4.69) is 17.4 Å². The molecule has 3 heteroatoms. The molecule has 2 aromatic carbocycles. The van der Waals surface area contributed by atoms with Crippen molar-refractivity contribution < 1.29 is 4.42 Å². The fourth-order valence-electron chi connectivity index (χ4n) is 2.42. The molecule has 0 unspecified atom stereocenters. The van der Waals surface area contributed by atoms with Crippen molar-refractivity contribution in [2.24, 2.45) is 0 Å². The van der Waals surface area contributed by atoms with Gasteiger partial charge in [0.15, 0.2) is 0 Å². The van der Waals surface area contributed by atoms with Gasteiger partial charge in [0, 0.05) is 17.1 Å². The summed E-state index contributed by atoms with van der Waals surface area (Å²) < 4.78 is 5.92. The van der Waals surface area contributed by atoms with Crippen LogP contribution >= 0.6 is 11.6 Å². The van der Waals surface area contributed by atoms with E-state index >= 15 is 0 Å². The van der Waals surface area contributed by atoms with E-state index in [4.69, 9.17) is 16.0 Å². The van der Waals surface area contributed by atoms with E-state index in [1.165, 1.54) is 5.56 Å². The van der Waals surface area contributed by atoms with Crippen molar-refractivity contribution in [1.29, 1.82) is 0 Å². The summed E-state index contributed by atoms with van der Waals surface area (Å²) in [5.74, 6) is 1.78. The Morgan fingerprint density at radius 3 is 2.55 bits per heavy atom. The van der Waals surface area contributed by atoms with Crippen molar-refractivity contribution in [1.82, 2.24) is 5.32 Å². The van der Waals surface area contributed by atoms with E-state index in [0.29, 0.717) is 6.54 Å². The van der Waals surface area contributed by atoms with Crippen molar-refractivity contribution >= 4 is 11.6 Å². The SMILES string of the molecule is Cc1c(Cl)cccc1-c1ccc(CNCc2ccccc2)o1. The summed E-state index contributed by atoms with van der Waals surface area (Å²) in [6.07, 6.45) is 0. The van der Waals surface area contributed by atoms with Crippen LogP contribution in [0.25, 0.3) is 11.3 Å². The third kappa shape index (κ3) is 3.41. The van der Waals surface area contributed by atoms with E-state index in [9.17, 15) is 0 Å². The Kier molecular flexibility index (Phi) is 4.62. The molecule has 0 saturated heterocycles. The van der Waals surface area contributed by atoms with Gasteiger partial charge in [-0.3, -0.25) is 0 Å². The lowest BCUT2D eigenvalue weighted by atomic mass is 10.1. The lowest BCUT2D eigenvalue weighted by Gasteiger charge is -2.05. The minimum absolute atomic E-state index is 0.703. The van der Waals surface area contributed by atoms with Gasteiger partial charge in [-0.15, -0.1) is 0 Å². The lowest BCUT2D eigenvalue weighted by molar-refractivity contribution is 0.493. The van der Waals surface area contributed by atoms with E-state index < -0.39 is 0 Å². The number of hydrogen-bond donors (Lipinski definition) is 1. The van der Waals surface area contributed by atoms with Crippen molar-refractivity contribution in [3.05, 3.63) is 82.6 Å². The lowest BCUT2D eigenvalue weighted by Crippen LogP contribution is -2.11. The number of rotatable bonds is 5. The van der Waals surface area contributed by atoms with Crippen LogP contribution in [0.5, 0.6) is 0 Å². The van der Waals surface area contributed by atoms with Crippen LogP contribution in [-0.4, -0.2) is 0 Å². The molecule has 1 heterocycles. The molecule has 0 saturated carbocycles. The van der Waals surface area contributed by atoms with E-state index in [0.717, 1.165) is 34.2 Å². The van der Waals surface area contributed by atoms with Crippen LogP contribution in [0.15, 0.2) is 65.1 Å². The average molecular weight is 312 g/mol. The molecule has 3 rings (SSSR count). The maximum atomic E-state index is 6.17. The standard InChI is InChI=1S/C19H18ClNO/c1-14-17(8-5-9-18(14)20)19-11-10-16(22-19)13-21-12-15-6-3-2-4-7-15/h2-11,21H,12-13H2,1H3. The van der Waals surface area contributed by atoms with Gasteiger partial charge in [-0.05, 0) is 36.2 Å². The second kappa shape index (κ2) is 6.82. The van der Waals surface area contributed by atoms with Crippen LogP contribution in [0.2, 0.25) is 5.02 Å². The zero-order valence-corrected chi connectivity index (χ0v) is 13.2. The van der Waals surface area contributed by atoms with Crippen LogP contribution in [0.1, 0.15) is 16.9 Å². The molecule has 1 aromatic heterocycles. The highest BCUT2D eigenvalue weighted by Gasteiger charge is 2.09. The van der Waals surface area contributed by atoms with Crippen molar-refractivity contribution in [3.63, 3.8) is 0 Å². The van der Waals surface area contributed by atoms with Gasteiger partial charge < -0.3 is 9.73 Å². The Bertz CT molecular complexity index is 749. The first-order chi connectivity index (χ1) is 10.7. The minimum atomic E-state index is 0.703. The maximum Gasteiger partial charge on any atom is 0.134 e. The zero-order chi connectivity index (χ0) is 15.4. The Morgan fingerprint density at radius 2 is 1.73 bits per heavy atom. The van der Waals surface area contributed by atoms with E-state index in [-0.39, 0.29) is 0 Å². The summed E-state index contributed by atoms with van der Waals surface area (Å²) in [5.41, 5.74) is 3.35. The fourth-order valence-corrected chi connectivity index (χ4v) is 2.59. The number of benzene rings is 2. The molecule has 3 aromatic rings. The van der Waals surface area contributed by atoms with Crippen LogP contribution in [-0.2, 0) is 13.1 Å². The number of halogens is 1. The summed E-state index contributed by atoms with van der Waals surface area (Å²) in [6.45, 7) is 3.54. The average Bonchev–Trinajstić information content (AvgIpc) is 3.00. The smallest absolute Gasteiger partial charge is 0.134 e. The molecule has 0 aliphatic heterocycles. The molecule has 0 bridgehead atoms.